The molecule has 2 heterocycles. The van der Waals surface area contributed by atoms with Gasteiger partial charge in [0.15, 0.2) is 0 Å². The van der Waals surface area contributed by atoms with Gasteiger partial charge in [-0.05, 0) is 62.3 Å². The molecule has 2 amide bonds. The number of benzene rings is 1. The summed E-state index contributed by atoms with van der Waals surface area (Å²) in [6, 6.07) is 7.23. The average Bonchev–Trinajstić information content (AvgIpc) is 3.06. The third-order valence-corrected chi connectivity index (χ3v) is 6.51. The number of piperidine rings is 1. The summed E-state index contributed by atoms with van der Waals surface area (Å²) in [5.41, 5.74) is 0.321. The number of nitrogens with zero attached hydrogens (tertiary/aromatic N) is 2. The van der Waals surface area contributed by atoms with Crippen LogP contribution in [0.3, 0.4) is 0 Å². The van der Waals surface area contributed by atoms with Gasteiger partial charge in [0, 0.05) is 31.7 Å². The number of methoxy groups -OCH3 is 1. The number of hydrogen-bond acceptors (Lipinski definition) is 3. The van der Waals surface area contributed by atoms with E-state index in [0.29, 0.717) is 30.5 Å². The molecule has 1 atom stereocenters. The van der Waals surface area contributed by atoms with Crippen LogP contribution in [-0.2, 0) is 4.79 Å². The van der Waals surface area contributed by atoms with Crippen molar-refractivity contribution >= 4 is 11.8 Å². The first-order valence-corrected chi connectivity index (χ1v) is 9.84. The lowest BCUT2D eigenvalue weighted by molar-refractivity contribution is -0.146. The summed E-state index contributed by atoms with van der Waals surface area (Å²) in [7, 11) is 1.62. The molecule has 0 N–H and O–H groups in total. The molecule has 5 nitrogen and oxygen atoms in total. The predicted octanol–water partition coefficient (Wildman–Crippen LogP) is 2.95. The van der Waals surface area contributed by atoms with E-state index in [1.807, 2.05) is 17.0 Å². The Labute approximate surface area is 155 Å². The molecule has 1 aromatic rings. The van der Waals surface area contributed by atoms with Gasteiger partial charge in [-0.2, -0.15) is 0 Å². The largest absolute Gasteiger partial charge is 0.497 e. The molecule has 3 fully saturated rings. The molecule has 0 bridgehead atoms. The second kappa shape index (κ2) is 6.93. The number of amides is 2. The fourth-order valence-corrected chi connectivity index (χ4v) is 4.65. The molecule has 3 aliphatic rings. The summed E-state index contributed by atoms with van der Waals surface area (Å²) in [6.45, 7) is 3.06. The molecular formula is C21H28N2O3. The van der Waals surface area contributed by atoms with Gasteiger partial charge in [0.2, 0.25) is 5.91 Å². The van der Waals surface area contributed by atoms with Gasteiger partial charge >= 0.3 is 0 Å². The van der Waals surface area contributed by atoms with Gasteiger partial charge in [0.25, 0.3) is 5.91 Å². The van der Waals surface area contributed by atoms with Gasteiger partial charge in [-0.25, -0.2) is 0 Å². The molecule has 2 aliphatic heterocycles. The number of rotatable bonds is 4. The van der Waals surface area contributed by atoms with Crippen molar-refractivity contribution in [3.63, 3.8) is 0 Å². The summed E-state index contributed by atoms with van der Waals surface area (Å²) >= 11 is 0. The van der Waals surface area contributed by atoms with E-state index >= 15 is 0 Å². The molecule has 5 heteroatoms. The second-order valence-corrected chi connectivity index (χ2v) is 8.14. The number of carbonyl (C=O) groups is 2. The molecule has 2 saturated heterocycles. The zero-order chi connectivity index (χ0) is 18.1. The van der Waals surface area contributed by atoms with E-state index in [1.165, 1.54) is 19.3 Å². The highest BCUT2D eigenvalue weighted by Gasteiger charge is 2.49. The Balaban J connectivity index is 1.44. The molecule has 0 aromatic heterocycles. The van der Waals surface area contributed by atoms with Crippen LogP contribution in [0.15, 0.2) is 24.3 Å². The summed E-state index contributed by atoms with van der Waals surface area (Å²) < 4.78 is 5.16. The Kier molecular flexibility index (Phi) is 4.63. The maximum atomic E-state index is 13.2. The molecule has 26 heavy (non-hydrogen) atoms. The van der Waals surface area contributed by atoms with E-state index < -0.39 is 0 Å². The fraction of sp³-hybridized carbons (Fsp3) is 0.619. The number of hydrogen-bond donors (Lipinski definition) is 0. The van der Waals surface area contributed by atoms with Crippen LogP contribution < -0.4 is 4.74 Å². The van der Waals surface area contributed by atoms with Crippen molar-refractivity contribution in [2.75, 3.05) is 33.3 Å². The van der Waals surface area contributed by atoms with Crippen molar-refractivity contribution in [3.8, 4) is 5.75 Å². The van der Waals surface area contributed by atoms with Crippen LogP contribution in [0.1, 0.15) is 48.9 Å². The monoisotopic (exact) mass is 356 g/mol. The highest BCUT2D eigenvalue weighted by atomic mass is 16.5. The molecular weight excluding hydrogens is 328 g/mol. The third-order valence-electron chi connectivity index (χ3n) is 6.51. The smallest absolute Gasteiger partial charge is 0.253 e. The van der Waals surface area contributed by atoms with E-state index in [1.54, 1.807) is 19.2 Å². The van der Waals surface area contributed by atoms with E-state index in [-0.39, 0.29) is 11.3 Å². The van der Waals surface area contributed by atoms with E-state index in [4.69, 9.17) is 4.74 Å². The summed E-state index contributed by atoms with van der Waals surface area (Å²) in [6.07, 6.45) is 6.61. The molecule has 1 spiro atoms. The van der Waals surface area contributed by atoms with Gasteiger partial charge in [-0.15, -0.1) is 0 Å². The number of carbonyl (C=O) groups excluding carboxylic acids is 2. The maximum absolute atomic E-state index is 13.2. The molecule has 4 rings (SSSR count). The van der Waals surface area contributed by atoms with Crippen LogP contribution in [-0.4, -0.2) is 54.9 Å². The lowest BCUT2D eigenvalue weighted by atomic mass is 9.77. The fourth-order valence-electron chi connectivity index (χ4n) is 4.65. The number of likely N-dealkylation sites (tertiary alicyclic amines) is 2. The van der Waals surface area contributed by atoms with E-state index in [9.17, 15) is 9.59 Å². The quantitative estimate of drug-likeness (QED) is 0.833. The highest BCUT2D eigenvalue weighted by Crippen LogP contribution is 2.41. The van der Waals surface area contributed by atoms with Crippen LogP contribution >= 0.6 is 0 Å². The van der Waals surface area contributed by atoms with Crippen molar-refractivity contribution in [1.29, 1.82) is 0 Å². The molecule has 1 aromatic carbocycles. The third kappa shape index (κ3) is 3.08. The topological polar surface area (TPSA) is 49.9 Å². The first-order valence-electron chi connectivity index (χ1n) is 9.84. The van der Waals surface area contributed by atoms with Crippen LogP contribution in [0.5, 0.6) is 5.75 Å². The highest BCUT2D eigenvalue weighted by molar-refractivity contribution is 5.95. The van der Waals surface area contributed by atoms with Crippen molar-refractivity contribution < 1.29 is 14.3 Å². The minimum absolute atomic E-state index is 0.0217. The first kappa shape index (κ1) is 17.4. The average molecular weight is 356 g/mol. The Morgan fingerprint density at radius 1 is 1.15 bits per heavy atom. The van der Waals surface area contributed by atoms with Crippen molar-refractivity contribution in [2.24, 2.45) is 11.3 Å². The van der Waals surface area contributed by atoms with Gasteiger partial charge in [-0.1, -0.05) is 6.42 Å². The molecule has 0 unspecified atom stereocenters. The SMILES string of the molecule is COc1ccc(C(=O)N2CC[C@]3(CCCN(CC4CCC4)C3=O)C2)cc1. The van der Waals surface area contributed by atoms with Crippen molar-refractivity contribution in [1.82, 2.24) is 9.80 Å². The first-order chi connectivity index (χ1) is 12.6. The van der Waals surface area contributed by atoms with Gasteiger partial charge in [-0.3, -0.25) is 9.59 Å². The van der Waals surface area contributed by atoms with Crippen molar-refractivity contribution in [3.05, 3.63) is 29.8 Å². The van der Waals surface area contributed by atoms with E-state index in [2.05, 4.69) is 4.90 Å². The lowest BCUT2D eigenvalue weighted by Gasteiger charge is -2.42. The Hall–Kier alpha value is -2.04. The maximum Gasteiger partial charge on any atom is 0.253 e. The van der Waals surface area contributed by atoms with Gasteiger partial charge < -0.3 is 14.5 Å². The minimum atomic E-state index is -0.343. The van der Waals surface area contributed by atoms with Crippen molar-refractivity contribution in [2.45, 2.75) is 38.5 Å². The second-order valence-electron chi connectivity index (χ2n) is 8.14. The standard InChI is InChI=1S/C21H28N2O3/c1-26-18-8-6-17(7-9-18)19(24)23-13-11-21(15-23)10-3-12-22(20(21)25)14-16-4-2-5-16/h6-9,16H,2-5,10-15H2,1H3/t21-/m1/s1. The molecule has 140 valence electrons. The Bertz CT molecular complexity index is 683. The normalized spacial score (nSPS) is 26.3. The summed E-state index contributed by atoms with van der Waals surface area (Å²) in [5.74, 6) is 1.76. The van der Waals surface area contributed by atoms with Crippen LogP contribution in [0.2, 0.25) is 0 Å². The van der Waals surface area contributed by atoms with Crippen LogP contribution in [0.25, 0.3) is 0 Å². The minimum Gasteiger partial charge on any atom is -0.497 e. The summed E-state index contributed by atoms with van der Waals surface area (Å²) in [5, 5.41) is 0. The Morgan fingerprint density at radius 3 is 2.58 bits per heavy atom. The predicted molar refractivity (Wildman–Crippen MR) is 99.1 cm³/mol. The van der Waals surface area contributed by atoms with Crippen LogP contribution in [0.4, 0.5) is 0 Å². The van der Waals surface area contributed by atoms with Gasteiger partial charge in [0.1, 0.15) is 5.75 Å². The number of ether oxygens (including phenoxy) is 1. The Morgan fingerprint density at radius 2 is 1.92 bits per heavy atom. The van der Waals surface area contributed by atoms with E-state index in [0.717, 1.165) is 38.1 Å². The molecule has 0 radical (unpaired) electrons. The lowest BCUT2D eigenvalue weighted by Crippen LogP contribution is -2.52. The zero-order valence-corrected chi connectivity index (χ0v) is 15.6. The van der Waals surface area contributed by atoms with Crippen LogP contribution in [0, 0.1) is 11.3 Å². The molecule has 1 saturated carbocycles. The summed E-state index contributed by atoms with van der Waals surface area (Å²) in [4.78, 5) is 30.0. The van der Waals surface area contributed by atoms with Gasteiger partial charge in [0.05, 0.1) is 12.5 Å². The zero-order valence-electron chi connectivity index (χ0n) is 15.6. The molecule has 1 aliphatic carbocycles.